The first-order chi connectivity index (χ1) is 4.61. The molecule has 0 aromatic rings. The van der Waals surface area contributed by atoms with Gasteiger partial charge in [0.25, 0.3) is 0 Å². The minimum absolute atomic E-state index is 0.255. The van der Waals surface area contributed by atoms with Crippen LogP contribution in [-0.2, 0) is 4.79 Å². The minimum atomic E-state index is -0.863. The van der Waals surface area contributed by atoms with Crippen LogP contribution >= 0.6 is 0 Å². The Morgan fingerprint density at radius 3 is 2.30 bits per heavy atom. The number of hydrogen-bond donors (Lipinski definition) is 2. The van der Waals surface area contributed by atoms with Crippen molar-refractivity contribution in [3.8, 4) is 0 Å². The fourth-order valence-electron chi connectivity index (χ4n) is 0.815. The lowest BCUT2D eigenvalue weighted by Gasteiger charge is -2.34. The number of amides is 2. The van der Waals surface area contributed by atoms with E-state index in [-0.39, 0.29) is 13.1 Å². The molecule has 0 atom stereocenters. The fourth-order valence-corrected chi connectivity index (χ4v) is 0.815. The second-order valence-corrected chi connectivity index (χ2v) is 2.28. The van der Waals surface area contributed by atoms with Crippen molar-refractivity contribution in [1.82, 2.24) is 4.90 Å². The number of nitrogens with two attached hydrogens (primary N) is 1. The second-order valence-electron chi connectivity index (χ2n) is 2.28. The number of nitrogens with zero attached hydrogens (tertiary/aromatic N) is 1. The standard InChI is InChI=1S/C5H8N2O3/c6-5(10)7-1-3(2-7)4(8)9/h3H,1-2H2,(H2,6,10)(H,8,9). The quantitative estimate of drug-likeness (QED) is 0.499. The smallest absolute Gasteiger partial charge is 0.314 e. The number of likely N-dealkylation sites (tertiary alicyclic amines) is 1. The highest BCUT2D eigenvalue weighted by molar-refractivity contribution is 5.78. The van der Waals surface area contributed by atoms with Gasteiger partial charge in [-0.25, -0.2) is 4.79 Å². The summed E-state index contributed by atoms with van der Waals surface area (Å²) in [5.41, 5.74) is 4.85. The van der Waals surface area contributed by atoms with E-state index < -0.39 is 17.9 Å². The van der Waals surface area contributed by atoms with Crippen LogP contribution in [0.3, 0.4) is 0 Å². The number of primary amides is 1. The molecule has 1 rings (SSSR count). The molecule has 0 bridgehead atoms. The highest BCUT2D eigenvalue weighted by Crippen LogP contribution is 2.13. The molecule has 0 aromatic carbocycles. The number of carbonyl (C=O) groups excluding carboxylic acids is 1. The van der Waals surface area contributed by atoms with Gasteiger partial charge in [-0.05, 0) is 0 Å². The van der Waals surface area contributed by atoms with Gasteiger partial charge in [-0.3, -0.25) is 4.79 Å². The molecule has 1 aliphatic rings. The maximum absolute atomic E-state index is 10.3. The van der Waals surface area contributed by atoms with Gasteiger partial charge in [-0.1, -0.05) is 0 Å². The third-order valence-corrected chi connectivity index (χ3v) is 1.54. The van der Waals surface area contributed by atoms with E-state index in [0.717, 1.165) is 0 Å². The van der Waals surface area contributed by atoms with Crippen LogP contribution in [0.15, 0.2) is 0 Å². The Labute approximate surface area is 57.4 Å². The van der Waals surface area contributed by atoms with Gasteiger partial charge >= 0.3 is 12.0 Å². The lowest BCUT2D eigenvalue weighted by molar-refractivity contribution is -0.145. The van der Waals surface area contributed by atoms with Crippen LogP contribution < -0.4 is 5.73 Å². The molecule has 0 aromatic heterocycles. The monoisotopic (exact) mass is 144 g/mol. The number of carboxylic acid groups (broad SMARTS) is 1. The number of rotatable bonds is 1. The van der Waals surface area contributed by atoms with Crippen LogP contribution in [0.2, 0.25) is 0 Å². The number of aliphatic carboxylic acids is 1. The normalized spacial score (nSPS) is 18.2. The minimum Gasteiger partial charge on any atom is -0.481 e. The summed E-state index contributed by atoms with van der Waals surface area (Å²) in [6.07, 6.45) is 0. The molecule has 0 radical (unpaired) electrons. The van der Waals surface area contributed by atoms with Crippen molar-refractivity contribution in [3.63, 3.8) is 0 Å². The van der Waals surface area contributed by atoms with Crippen LogP contribution in [0.25, 0.3) is 0 Å². The van der Waals surface area contributed by atoms with Crippen molar-refractivity contribution >= 4 is 12.0 Å². The average molecular weight is 144 g/mol. The zero-order valence-corrected chi connectivity index (χ0v) is 5.28. The van der Waals surface area contributed by atoms with E-state index in [0.29, 0.717) is 0 Å². The highest BCUT2D eigenvalue weighted by atomic mass is 16.4. The van der Waals surface area contributed by atoms with Gasteiger partial charge in [-0.2, -0.15) is 0 Å². The van der Waals surface area contributed by atoms with Crippen molar-refractivity contribution in [2.45, 2.75) is 0 Å². The maximum atomic E-state index is 10.3. The van der Waals surface area contributed by atoms with Crippen molar-refractivity contribution in [2.75, 3.05) is 13.1 Å². The van der Waals surface area contributed by atoms with E-state index in [1.54, 1.807) is 0 Å². The Hall–Kier alpha value is -1.26. The summed E-state index contributed by atoms with van der Waals surface area (Å²) in [5, 5.41) is 8.35. The average Bonchev–Trinajstić information content (AvgIpc) is 1.56. The fraction of sp³-hybridized carbons (Fsp3) is 0.600. The molecule has 0 unspecified atom stereocenters. The van der Waals surface area contributed by atoms with E-state index in [4.69, 9.17) is 10.8 Å². The van der Waals surface area contributed by atoms with Gasteiger partial charge < -0.3 is 15.7 Å². The van der Waals surface area contributed by atoms with Crippen LogP contribution in [0.5, 0.6) is 0 Å². The molecule has 0 saturated carbocycles. The molecule has 5 heteroatoms. The van der Waals surface area contributed by atoms with Crippen LogP contribution in [0.1, 0.15) is 0 Å². The summed E-state index contributed by atoms with van der Waals surface area (Å²) in [7, 11) is 0. The molecule has 0 aliphatic carbocycles. The maximum Gasteiger partial charge on any atom is 0.314 e. The Balaban J connectivity index is 2.31. The third kappa shape index (κ3) is 1.02. The van der Waals surface area contributed by atoms with Gasteiger partial charge in [0.15, 0.2) is 0 Å². The Bertz CT molecular complexity index is 156. The molecule has 56 valence electrons. The molecule has 1 fully saturated rings. The van der Waals surface area contributed by atoms with Gasteiger partial charge in [-0.15, -0.1) is 0 Å². The molecule has 5 nitrogen and oxygen atoms in total. The topological polar surface area (TPSA) is 83.6 Å². The summed E-state index contributed by atoms with van der Waals surface area (Å²) in [6.45, 7) is 0.509. The predicted molar refractivity (Wildman–Crippen MR) is 32.3 cm³/mol. The van der Waals surface area contributed by atoms with E-state index in [2.05, 4.69) is 0 Å². The van der Waals surface area contributed by atoms with Gasteiger partial charge in [0, 0.05) is 13.1 Å². The van der Waals surface area contributed by atoms with Crippen molar-refractivity contribution in [2.24, 2.45) is 11.7 Å². The number of carboxylic acids is 1. The molecular formula is C5H8N2O3. The SMILES string of the molecule is NC(=O)N1CC(C(=O)O)C1. The van der Waals surface area contributed by atoms with E-state index in [1.807, 2.05) is 0 Å². The molecule has 10 heavy (non-hydrogen) atoms. The van der Waals surface area contributed by atoms with Crippen LogP contribution in [-0.4, -0.2) is 35.1 Å². The summed E-state index contributed by atoms with van der Waals surface area (Å²) >= 11 is 0. The summed E-state index contributed by atoms with van der Waals surface area (Å²) in [4.78, 5) is 21.8. The molecule has 0 spiro atoms. The van der Waals surface area contributed by atoms with Gasteiger partial charge in [0.1, 0.15) is 0 Å². The van der Waals surface area contributed by atoms with E-state index in [9.17, 15) is 9.59 Å². The first kappa shape index (κ1) is 6.85. The lowest BCUT2D eigenvalue weighted by atomic mass is 10.0. The van der Waals surface area contributed by atoms with Gasteiger partial charge in [0.2, 0.25) is 0 Å². The highest BCUT2D eigenvalue weighted by Gasteiger charge is 2.34. The predicted octanol–water partition coefficient (Wildman–Crippen LogP) is -0.919. The first-order valence-corrected chi connectivity index (χ1v) is 2.88. The number of hydrogen-bond acceptors (Lipinski definition) is 2. The second kappa shape index (κ2) is 2.17. The summed E-state index contributed by atoms with van der Waals surface area (Å²) in [6, 6.07) is -0.544. The molecule has 1 aliphatic heterocycles. The van der Waals surface area contributed by atoms with Crippen molar-refractivity contribution in [3.05, 3.63) is 0 Å². The largest absolute Gasteiger partial charge is 0.481 e. The zero-order chi connectivity index (χ0) is 7.72. The van der Waals surface area contributed by atoms with Gasteiger partial charge in [0.05, 0.1) is 5.92 Å². The third-order valence-electron chi connectivity index (χ3n) is 1.54. The Morgan fingerprint density at radius 2 is 2.00 bits per heavy atom. The van der Waals surface area contributed by atoms with E-state index >= 15 is 0 Å². The Kier molecular flexibility index (Phi) is 1.48. The lowest BCUT2D eigenvalue weighted by Crippen LogP contribution is -2.54. The summed E-state index contributed by atoms with van der Waals surface area (Å²) < 4.78 is 0. The van der Waals surface area contributed by atoms with Crippen LogP contribution in [0.4, 0.5) is 4.79 Å². The number of carbonyl (C=O) groups is 2. The Morgan fingerprint density at radius 1 is 1.50 bits per heavy atom. The molecule has 1 saturated heterocycles. The first-order valence-electron chi connectivity index (χ1n) is 2.88. The summed E-state index contributed by atoms with van der Waals surface area (Å²) in [5.74, 6) is -1.27. The van der Waals surface area contributed by atoms with Crippen LogP contribution in [0, 0.1) is 5.92 Å². The van der Waals surface area contributed by atoms with Crippen molar-refractivity contribution < 1.29 is 14.7 Å². The van der Waals surface area contributed by atoms with Crippen molar-refractivity contribution in [1.29, 1.82) is 0 Å². The number of urea groups is 1. The zero-order valence-electron chi connectivity index (χ0n) is 5.28. The van der Waals surface area contributed by atoms with E-state index in [1.165, 1.54) is 4.90 Å². The molecule has 1 heterocycles. The molecular weight excluding hydrogens is 136 g/mol. The molecule has 2 amide bonds. The molecule has 3 N–H and O–H groups in total.